The van der Waals surface area contributed by atoms with Crippen LogP contribution < -0.4 is 10.3 Å². The predicted octanol–water partition coefficient (Wildman–Crippen LogP) is 2.17. The van der Waals surface area contributed by atoms with Gasteiger partial charge in [-0.05, 0) is 37.3 Å². The molecule has 0 radical (unpaired) electrons. The summed E-state index contributed by atoms with van der Waals surface area (Å²) in [6, 6.07) is 8.34. The molecule has 4 nitrogen and oxygen atoms in total. The Hall–Kier alpha value is -1.33. The first-order valence-corrected chi connectivity index (χ1v) is 7.60. The molecule has 1 aliphatic rings. The van der Waals surface area contributed by atoms with Crippen molar-refractivity contribution in [3.63, 3.8) is 0 Å². The summed E-state index contributed by atoms with van der Waals surface area (Å²) in [5, 5.41) is 0. The van der Waals surface area contributed by atoms with Crippen molar-refractivity contribution in [2.75, 3.05) is 0 Å². The molecule has 0 aliphatic heterocycles. The van der Waals surface area contributed by atoms with Crippen LogP contribution in [0, 0.1) is 5.92 Å². The first kappa shape index (κ1) is 13.1. The van der Waals surface area contributed by atoms with Crippen molar-refractivity contribution in [1.82, 2.24) is 10.3 Å². The molecule has 0 aromatic heterocycles. The summed E-state index contributed by atoms with van der Waals surface area (Å²) >= 11 is 0. The lowest BCUT2D eigenvalue weighted by atomic mass is 9.96. The summed E-state index contributed by atoms with van der Waals surface area (Å²) in [5.74, 6) is 0.502. The van der Waals surface area contributed by atoms with Crippen molar-refractivity contribution in [2.45, 2.75) is 31.1 Å². The molecule has 1 aromatic carbocycles. The van der Waals surface area contributed by atoms with Crippen LogP contribution in [0.1, 0.15) is 26.2 Å². The zero-order chi connectivity index (χ0) is 13.0. The molecule has 1 aliphatic carbocycles. The van der Waals surface area contributed by atoms with E-state index in [1.54, 1.807) is 30.3 Å². The number of nitrogens with one attached hydrogen (secondary N) is 2. The van der Waals surface area contributed by atoms with Crippen LogP contribution in [0.25, 0.3) is 0 Å². The Kier molecular flexibility index (Phi) is 4.04. The number of hydrogen-bond acceptors (Lipinski definition) is 3. The van der Waals surface area contributed by atoms with Gasteiger partial charge in [0.25, 0.3) is 10.0 Å². The standard InChI is InChI=1S/C13H18N2O2S/c1-11-6-5-7-12(10-11)14-15-18(16,17)13-8-3-2-4-9-13/h2-4,8-11,14-15H,5-7H2,1H3/t11-/m1/s1. The highest BCUT2D eigenvalue weighted by molar-refractivity contribution is 7.89. The van der Waals surface area contributed by atoms with Gasteiger partial charge in [-0.2, -0.15) is 0 Å². The van der Waals surface area contributed by atoms with Crippen molar-refractivity contribution in [3.8, 4) is 0 Å². The fourth-order valence-electron chi connectivity index (χ4n) is 2.02. The smallest absolute Gasteiger partial charge is 0.257 e. The molecule has 0 unspecified atom stereocenters. The fourth-order valence-corrected chi connectivity index (χ4v) is 2.92. The third-order valence-corrected chi connectivity index (χ3v) is 4.25. The quantitative estimate of drug-likeness (QED) is 0.821. The lowest BCUT2D eigenvalue weighted by molar-refractivity contribution is 0.525. The molecule has 0 saturated carbocycles. The molecule has 2 rings (SSSR count). The number of hydrazine groups is 1. The van der Waals surface area contributed by atoms with Crippen molar-refractivity contribution in [3.05, 3.63) is 42.1 Å². The lowest BCUT2D eigenvalue weighted by Gasteiger charge is -2.19. The van der Waals surface area contributed by atoms with E-state index in [2.05, 4.69) is 23.3 Å². The predicted molar refractivity (Wildman–Crippen MR) is 71.0 cm³/mol. The average molecular weight is 266 g/mol. The van der Waals surface area contributed by atoms with Crippen LogP contribution in [0.5, 0.6) is 0 Å². The molecule has 0 bridgehead atoms. The summed E-state index contributed by atoms with van der Waals surface area (Å²) in [6.45, 7) is 2.13. The van der Waals surface area contributed by atoms with Crippen molar-refractivity contribution >= 4 is 10.0 Å². The normalized spacial score (nSPS) is 20.3. The Morgan fingerprint density at radius 2 is 1.94 bits per heavy atom. The number of hydrogen-bond donors (Lipinski definition) is 2. The molecule has 0 fully saturated rings. The average Bonchev–Trinajstić information content (AvgIpc) is 2.38. The molecule has 18 heavy (non-hydrogen) atoms. The van der Waals surface area contributed by atoms with Crippen LogP contribution in [0.3, 0.4) is 0 Å². The van der Waals surface area contributed by atoms with Gasteiger partial charge in [0.05, 0.1) is 4.90 Å². The summed E-state index contributed by atoms with van der Waals surface area (Å²) in [5.41, 5.74) is 3.77. The maximum absolute atomic E-state index is 12.0. The fraction of sp³-hybridized carbons (Fsp3) is 0.385. The summed E-state index contributed by atoms with van der Waals surface area (Å²) in [6.07, 6.45) is 5.22. The Balaban J connectivity index is 2.02. The van der Waals surface area contributed by atoms with Crippen LogP contribution in [-0.2, 0) is 10.0 Å². The van der Waals surface area contributed by atoms with E-state index in [-0.39, 0.29) is 4.90 Å². The van der Waals surface area contributed by atoms with Gasteiger partial charge in [-0.25, -0.2) is 8.42 Å². The molecule has 1 aromatic rings. The van der Waals surface area contributed by atoms with Crippen molar-refractivity contribution in [2.24, 2.45) is 5.92 Å². The monoisotopic (exact) mass is 266 g/mol. The molecular weight excluding hydrogens is 248 g/mol. The summed E-state index contributed by atoms with van der Waals surface area (Å²) in [4.78, 5) is 2.69. The second-order valence-corrected chi connectivity index (χ2v) is 6.29. The number of rotatable bonds is 4. The molecule has 98 valence electrons. The minimum absolute atomic E-state index is 0.266. The van der Waals surface area contributed by atoms with E-state index in [4.69, 9.17) is 0 Å². The Morgan fingerprint density at radius 1 is 1.22 bits per heavy atom. The highest BCUT2D eigenvalue weighted by Crippen LogP contribution is 2.20. The van der Waals surface area contributed by atoms with E-state index in [1.807, 2.05) is 0 Å². The second-order valence-electron chi connectivity index (χ2n) is 4.60. The molecule has 0 heterocycles. The minimum Gasteiger partial charge on any atom is -0.312 e. The van der Waals surface area contributed by atoms with E-state index < -0.39 is 10.0 Å². The Bertz CT molecular complexity index is 523. The maximum Gasteiger partial charge on any atom is 0.257 e. The van der Waals surface area contributed by atoms with Crippen molar-refractivity contribution < 1.29 is 8.42 Å². The van der Waals surface area contributed by atoms with E-state index >= 15 is 0 Å². The van der Waals surface area contributed by atoms with E-state index in [0.29, 0.717) is 5.92 Å². The molecule has 2 N–H and O–H groups in total. The molecule has 5 heteroatoms. The van der Waals surface area contributed by atoms with Gasteiger partial charge in [-0.15, -0.1) is 4.83 Å². The summed E-state index contributed by atoms with van der Waals surface area (Å²) < 4.78 is 23.9. The molecule has 0 saturated heterocycles. The van der Waals surface area contributed by atoms with Crippen LogP contribution in [0.4, 0.5) is 0 Å². The van der Waals surface area contributed by atoms with Crippen LogP contribution in [0.15, 0.2) is 47.0 Å². The second kappa shape index (κ2) is 5.54. The van der Waals surface area contributed by atoms with Gasteiger partial charge < -0.3 is 5.43 Å². The zero-order valence-electron chi connectivity index (χ0n) is 10.4. The SMILES string of the molecule is C[C@H]1C=C(NNS(=O)(=O)c2ccccc2)CCC1. The van der Waals surface area contributed by atoms with Gasteiger partial charge in [0.1, 0.15) is 0 Å². The van der Waals surface area contributed by atoms with Crippen molar-refractivity contribution in [1.29, 1.82) is 0 Å². The molecule has 0 spiro atoms. The Labute approximate surface area is 108 Å². The number of allylic oxidation sites excluding steroid dienone is 2. The topological polar surface area (TPSA) is 58.2 Å². The Morgan fingerprint density at radius 3 is 2.61 bits per heavy atom. The molecule has 0 amide bonds. The highest BCUT2D eigenvalue weighted by Gasteiger charge is 2.15. The van der Waals surface area contributed by atoms with Crippen LogP contribution >= 0.6 is 0 Å². The maximum atomic E-state index is 12.0. The third-order valence-electron chi connectivity index (χ3n) is 2.99. The van der Waals surface area contributed by atoms with E-state index in [0.717, 1.165) is 25.0 Å². The van der Waals surface area contributed by atoms with E-state index in [1.165, 1.54) is 0 Å². The van der Waals surface area contributed by atoms with Crippen LogP contribution in [-0.4, -0.2) is 8.42 Å². The highest BCUT2D eigenvalue weighted by atomic mass is 32.2. The van der Waals surface area contributed by atoms with E-state index in [9.17, 15) is 8.42 Å². The molecule has 1 atom stereocenters. The van der Waals surface area contributed by atoms with Gasteiger partial charge in [-0.1, -0.05) is 31.2 Å². The zero-order valence-corrected chi connectivity index (χ0v) is 11.2. The lowest BCUT2D eigenvalue weighted by Crippen LogP contribution is -2.37. The molecular formula is C13H18N2O2S. The van der Waals surface area contributed by atoms with Gasteiger partial charge in [0.2, 0.25) is 0 Å². The third kappa shape index (κ3) is 3.34. The number of sulfonamides is 1. The number of benzene rings is 1. The first-order valence-electron chi connectivity index (χ1n) is 6.11. The van der Waals surface area contributed by atoms with Gasteiger partial charge in [0.15, 0.2) is 0 Å². The largest absolute Gasteiger partial charge is 0.312 e. The van der Waals surface area contributed by atoms with Crippen LogP contribution in [0.2, 0.25) is 0 Å². The first-order chi connectivity index (χ1) is 8.58. The summed E-state index contributed by atoms with van der Waals surface area (Å²) in [7, 11) is -3.48. The van der Waals surface area contributed by atoms with Gasteiger partial charge >= 0.3 is 0 Å². The van der Waals surface area contributed by atoms with Gasteiger partial charge in [-0.3, -0.25) is 0 Å². The minimum atomic E-state index is -3.48. The van der Waals surface area contributed by atoms with Gasteiger partial charge in [0, 0.05) is 5.70 Å².